The minimum atomic E-state index is -3.85. The monoisotopic (exact) mass is 358 g/mol. The SMILES string of the molecule is CC(C)(C)OC(=O)NCCC#Cc1ccc(S(N)(=O)=O)c(Cl)c1. The summed E-state index contributed by atoms with van der Waals surface area (Å²) in [6.45, 7) is 5.68. The van der Waals surface area contributed by atoms with Gasteiger partial charge in [0, 0.05) is 18.5 Å². The van der Waals surface area contributed by atoms with Crippen LogP contribution in [-0.2, 0) is 14.8 Å². The average Bonchev–Trinajstić information content (AvgIpc) is 2.34. The molecule has 0 atom stereocenters. The van der Waals surface area contributed by atoms with Crippen LogP contribution in [0.2, 0.25) is 5.02 Å². The molecule has 1 aromatic carbocycles. The van der Waals surface area contributed by atoms with Crippen molar-refractivity contribution in [1.82, 2.24) is 5.32 Å². The van der Waals surface area contributed by atoms with E-state index in [0.29, 0.717) is 18.5 Å². The smallest absolute Gasteiger partial charge is 0.407 e. The molecule has 6 nitrogen and oxygen atoms in total. The first kappa shape index (κ1) is 19.3. The van der Waals surface area contributed by atoms with Crippen molar-refractivity contribution < 1.29 is 17.9 Å². The van der Waals surface area contributed by atoms with Gasteiger partial charge in [0.25, 0.3) is 0 Å². The third-order valence-corrected chi connectivity index (χ3v) is 3.78. The number of rotatable bonds is 3. The van der Waals surface area contributed by atoms with Crippen LogP contribution in [0, 0.1) is 11.8 Å². The van der Waals surface area contributed by atoms with Gasteiger partial charge in [-0.2, -0.15) is 0 Å². The van der Waals surface area contributed by atoms with Gasteiger partial charge in [0.15, 0.2) is 0 Å². The molecule has 0 heterocycles. The molecule has 3 N–H and O–H groups in total. The lowest BCUT2D eigenvalue weighted by atomic mass is 10.2. The van der Waals surface area contributed by atoms with E-state index in [2.05, 4.69) is 17.2 Å². The Morgan fingerprint density at radius 1 is 1.39 bits per heavy atom. The summed E-state index contributed by atoms with van der Waals surface area (Å²) in [6.07, 6.45) is -0.0896. The quantitative estimate of drug-likeness (QED) is 0.639. The maximum absolute atomic E-state index is 11.4. The Kier molecular flexibility index (Phi) is 6.45. The summed E-state index contributed by atoms with van der Waals surface area (Å²) in [7, 11) is -3.85. The van der Waals surface area contributed by atoms with Crippen molar-refractivity contribution in [1.29, 1.82) is 0 Å². The Morgan fingerprint density at radius 3 is 2.57 bits per heavy atom. The second kappa shape index (κ2) is 7.68. The molecular formula is C15H19ClN2O4S. The molecule has 0 aliphatic carbocycles. The number of halogens is 1. The second-order valence-corrected chi connectivity index (χ2v) is 7.61. The van der Waals surface area contributed by atoms with Gasteiger partial charge in [-0.25, -0.2) is 18.4 Å². The fraction of sp³-hybridized carbons (Fsp3) is 0.400. The first-order valence-electron chi connectivity index (χ1n) is 6.77. The number of primary sulfonamides is 1. The van der Waals surface area contributed by atoms with Crippen molar-refractivity contribution in [3.8, 4) is 11.8 Å². The minimum absolute atomic E-state index is 0.0196. The fourth-order valence-corrected chi connectivity index (χ4v) is 2.61. The first-order chi connectivity index (χ1) is 10.5. The number of sulfonamides is 1. The lowest BCUT2D eigenvalue weighted by Gasteiger charge is -2.19. The summed E-state index contributed by atoms with van der Waals surface area (Å²) in [5.74, 6) is 5.67. The van der Waals surface area contributed by atoms with Crippen molar-refractivity contribution in [2.45, 2.75) is 37.7 Å². The van der Waals surface area contributed by atoms with E-state index in [1.165, 1.54) is 18.2 Å². The highest BCUT2D eigenvalue weighted by molar-refractivity contribution is 7.89. The van der Waals surface area contributed by atoms with Crippen LogP contribution >= 0.6 is 11.6 Å². The number of hydrogen-bond acceptors (Lipinski definition) is 4. The minimum Gasteiger partial charge on any atom is -0.444 e. The normalized spacial score (nSPS) is 11.3. The molecule has 0 radical (unpaired) electrons. The molecule has 1 aromatic rings. The molecule has 23 heavy (non-hydrogen) atoms. The molecule has 0 saturated carbocycles. The van der Waals surface area contributed by atoms with E-state index in [1.807, 2.05) is 0 Å². The van der Waals surface area contributed by atoms with Crippen molar-refractivity contribution in [3.63, 3.8) is 0 Å². The van der Waals surface area contributed by atoms with Gasteiger partial charge in [-0.05, 0) is 39.0 Å². The maximum atomic E-state index is 11.4. The lowest BCUT2D eigenvalue weighted by molar-refractivity contribution is 0.0529. The second-order valence-electron chi connectivity index (χ2n) is 5.67. The summed E-state index contributed by atoms with van der Waals surface area (Å²) in [4.78, 5) is 11.3. The number of benzene rings is 1. The van der Waals surface area contributed by atoms with E-state index in [4.69, 9.17) is 21.5 Å². The third kappa shape index (κ3) is 7.37. The number of carbonyl (C=O) groups excluding carboxylic acids is 1. The van der Waals surface area contributed by atoms with E-state index in [1.54, 1.807) is 20.8 Å². The van der Waals surface area contributed by atoms with Crippen LogP contribution in [0.25, 0.3) is 0 Å². The Morgan fingerprint density at radius 2 is 2.04 bits per heavy atom. The van der Waals surface area contributed by atoms with Crippen LogP contribution in [-0.4, -0.2) is 26.7 Å². The van der Waals surface area contributed by atoms with E-state index in [9.17, 15) is 13.2 Å². The molecule has 0 saturated heterocycles. The van der Waals surface area contributed by atoms with Gasteiger partial charge in [-0.1, -0.05) is 23.4 Å². The Balaban J connectivity index is 2.55. The van der Waals surface area contributed by atoms with Crippen LogP contribution in [0.15, 0.2) is 23.1 Å². The molecule has 8 heteroatoms. The number of carbonyl (C=O) groups is 1. The fourth-order valence-electron chi connectivity index (χ4n) is 1.52. The van der Waals surface area contributed by atoms with Gasteiger partial charge < -0.3 is 10.1 Å². The Labute approximate surface area is 141 Å². The summed E-state index contributed by atoms with van der Waals surface area (Å²) < 4.78 is 27.5. The number of ether oxygens (including phenoxy) is 1. The standard InChI is InChI=1S/C15H19ClN2O4S/c1-15(2,3)22-14(19)18-9-5-4-6-11-7-8-13(12(16)10-11)23(17,20)21/h7-8,10H,5,9H2,1-3H3,(H,18,19)(H2,17,20,21). The zero-order valence-electron chi connectivity index (χ0n) is 13.1. The molecule has 0 fully saturated rings. The van der Waals surface area contributed by atoms with E-state index >= 15 is 0 Å². The summed E-state index contributed by atoms with van der Waals surface area (Å²) in [5.41, 5.74) is 0.0112. The molecule has 0 aromatic heterocycles. The maximum Gasteiger partial charge on any atom is 0.407 e. The molecule has 0 spiro atoms. The molecule has 0 aliphatic rings. The molecule has 0 bridgehead atoms. The molecular weight excluding hydrogens is 340 g/mol. The number of alkyl carbamates (subject to hydrolysis) is 1. The topological polar surface area (TPSA) is 98.5 Å². The number of amides is 1. The van der Waals surface area contributed by atoms with Gasteiger partial charge in [0.2, 0.25) is 10.0 Å². The summed E-state index contributed by atoms with van der Waals surface area (Å²) in [6, 6.07) is 4.25. The van der Waals surface area contributed by atoms with Crippen molar-refractivity contribution in [3.05, 3.63) is 28.8 Å². The highest BCUT2D eigenvalue weighted by atomic mass is 35.5. The highest BCUT2D eigenvalue weighted by Crippen LogP contribution is 2.21. The predicted octanol–water partition coefficient (Wildman–Crippen LogP) is 2.25. The molecule has 126 valence electrons. The largest absolute Gasteiger partial charge is 0.444 e. The van der Waals surface area contributed by atoms with Crippen LogP contribution in [0.1, 0.15) is 32.8 Å². The lowest BCUT2D eigenvalue weighted by Crippen LogP contribution is -2.32. The van der Waals surface area contributed by atoms with E-state index in [0.717, 1.165) is 0 Å². The van der Waals surface area contributed by atoms with E-state index < -0.39 is 21.7 Å². The Hall–Kier alpha value is -1.75. The molecule has 0 unspecified atom stereocenters. The zero-order valence-corrected chi connectivity index (χ0v) is 14.7. The van der Waals surface area contributed by atoms with Gasteiger partial charge in [0.05, 0.1) is 5.02 Å². The van der Waals surface area contributed by atoms with Gasteiger partial charge in [0.1, 0.15) is 10.5 Å². The summed E-state index contributed by atoms with van der Waals surface area (Å²) in [5, 5.41) is 7.62. The molecule has 1 amide bonds. The summed E-state index contributed by atoms with van der Waals surface area (Å²) >= 11 is 5.86. The van der Waals surface area contributed by atoms with Gasteiger partial charge >= 0.3 is 6.09 Å². The average molecular weight is 359 g/mol. The Bertz CT molecular complexity index is 743. The van der Waals surface area contributed by atoms with Crippen LogP contribution in [0.5, 0.6) is 0 Å². The number of nitrogens with one attached hydrogen (secondary N) is 1. The van der Waals surface area contributed by atoms with Crippen LogP contribution in [0.3, 0.4) is 0 Å². The molecule has 1 rings (SSSR count). The first-order valence-corrected chi connectivity index (χ1v) is 8.69. The third-order valence-electron chi connectivity index (χ3n) is 2.39. The number of hydrogen-bond donors (Lipinski definition) is 2. The van der Waals surface area contributed by atoms with Crippen molar-refractivity contribution in [2.24, 2.45) is 5.14 Å². The number of nitrogens with two attached hydrogens (primary N) is 1. The van der Waals surface area contributed by atoms with Gasteiger partial charge in [-0.15, -0.1) is 0 Å². The van der Waals surface area contributed by atoms with E-state index in [-0.39, 0.29) is 9.92 Å². The highest BCUT2D eigenvalue weighted by Gasteiger charge is 2.15. The van der Waals surface area contributed by atoms with Crippen LogP contribution < -0.4 is 10.5 Å². The molecule has 0 aliphatic heterocycles. The predicted molar refractivity (Wildman–Crippen MR) is 88.6 cm³/mol. The van der Waals surface area contributed by atoms with Crippen molar-refractivity contribution >= 4 is 27.7 Å². The van der Waals surface area contributed by atoms with Gasteiger partial charge in [-0.3, -0.25) is 0 Å². The zero-order chi connectivity index (χ0) is 17.7. The van der Waals surface area contributed by atoms with Crippen molar-refractivity contribution in [2.75, 3.05) is 6.54 Å². The van der Waals surface area contributed by atoms with Crippen LogP contribution in [0.4, 0.5) is 4.79 Å².